The van der Waals surface area contributed by atoms with Gasteiger partial charge in [0.25, 0.3) is 0 Å². The van der Waals surface area contributed by atoms with Gasteiger partial charge in [-0.05, 0) is 30.4 Å². The van der Waals surface area contributed by atoms with E-state index in [0.29, 0.717) is 6.42 Å². The molecular formula is C17H26N2O. The van der Waals surface area contributed by atoms with Gasteiger partial charge in [-0.25, -0.2) is 0 Å². The fourth-order valence-electron chi connectivity index (χ4n) is 2.95. The molecule has 2 N–H and O–H groups in total. The first kappa shape index (κ1) is 15.0. The number of benzene rings is 1. The summed E-state index contributed by atoms with van der Waals surface area (Å²) in [6, 6.07) is 8.69. The average Bonchev–Trinajstić information content (AvgIpc) is 2.48. The maximum atomic E-state index is 12.2. The van der Waals surface area contributed by atoms with Crippen LogP contribution in [-0.2, 0) is 11.2 Å². The molecule has 0 aliphatic carbocycles. The highest BCUT2D eigenvalue weighted by Gasteiger charge is 2.34. The molecule has 2 atom stereocenters. The van der Waals surface area contributed by atoms with Gasteiger partial charge in [-0.1, -0.05) is 44.5 Å². The smallest absolute Gasteiger partial charge is 0.223 e. The first-order valence-electron chi connectivity index (χ1n) is 7.81. The van der Waals surface area contributed by atoms with Crippen molar-refractivity contribution in [3.05, 3.63) is 35.4 Å². The summed E-state index contributed by atoms with van der Waals surface area (Å²) in [5.41, 5.74) is 8.82. The lowest BCUT2D eigenvalue weighted by atomic mass is 9.89. The van der Waals surface area contributed by atoms with Gasteiger partial charge in [-0.3, -0.25) is 4.79 Å². The Morgan fingerprint density at radius 3 is 2.55 bits per heavy atom. The molecule has 1 heterocycles. The number of amides is 1. The van der Waals surface area contributed by atoms with Gasteiger partial charge in [0.15, 0.2) is 0 Å². The Morgan fingerprint density at radius 2 is 1.95 bits per heavy atom. The first-order chi connectivity index (χ1) is 9.67. The summed E-state index contributed by atoms with van der Waals surface area (Å²) in [5.74, 6) is 0.254. The molecule has 1 amide bonds. The molecule has 1 fully saturated rings. The maximum absolute atomic E-state index is 12.2. The molecule has 2 rings (SSSR count). The lowest BCUT2D eigenvalue weighted by Crippen LogP contribution is -2.49. The highest BCUT2D eigenvalue weighted by Crippen LogP contribution is 2.31. The predicted molar refractivity (Wildman–Crippen MR) is 82.4 cm³/mol. The van der Waals surface area contributed by atoms with E-state index in [1.165, 1.54) is 11.1 Å². The molecule has 1 saturated heterocycles. The third-order valence-electron chi connectivity index (χ3n) is 4.24. The molecule has 110 valence electrons. The second-order valence-electron chi connectivity index (χ2n) is 5.68. The summed E-state index contributed by atoms with van der Waals surface area (Å²) < 4.78 is 0. The summed E-state index contributed by atoms with van der Waals surface area (Å²) in [6.07, 6.45) is 4.56. The number of unbranched alkanes of at least 4 members (excludes halogenated alkanes) is 1. The number of likely N-dealkylation sites (tertiary alicyclic amines) is 1. The zero-order chi connectivity index (χ0) is 14.5. The van der Waals surface area contributed by atoms with Gasteiger partial charge in [0.1, 0.15) is 0 Å². The summed E-state index contributed by atoms with van der Waals surface area (Å²) in [5, 5.41) is 0. The minimum Gasteiger partial charge on any atom is -0.334 e. The molecule has 0 aromatic heterocycles. The van der Waals surface area contributed by atoms with Crippen molar-refractivity contribution in [3.8, 4) is 0 Å². The fourth-order valence-corrected chi connectivity index (χ4v) is 2.95. The summed E-state index contributed by atoms with van der Waals surface area (Å²) in [4.78, 5) is 14.2. The van der Waals surface area contributed by atoms with Crippen LogP contribution in [-0.4, -0.2) is 23.4 Å². The number of carbonyl (C=O) groups is 1. The van der Waals surface area contributed by atoms with Crippen LogP contribution in [0.5, 0.6) is 0 Å². The number of nitrogens with zero attached hydrogens (tertiary/aromatic N) is 1. The standard InChI is InChI=1S/C17H26N2O/c1-3-5-12-19-16(20)11-10-15(18)17(19)14-8-6-13(4-2)7-9-14/h6-9,15,17H,3-5,10-12,18H2,1-2H3. The van der Waals surface area contributed by atoms with Crippen molar-refractivity contribution in [2.75, 3.05) is 6.54 Å². The number of carbonyl (C=O) groups excluding carboxylic acids is 1. The predicted octanol–water partition coefficient (Wildman–Crippen LogP) is 3.04. The van der Waals surface area contributed by atoms with Crippen LogP contribution in [0.2, 0.25) is 0 Å². The highest BCUT2D eigenvalue weighted by atomic mass is 16.2. The topological polar surface area (TPSA) is 46.3 Å². The molecule has 1 aliphatic heterocycles. The third kappa shape index (κ3) is 3.21. The monoisotopic (exact) mass is 274 g/mol. The van der Waals surface area contributed by atoms with E-state index in [4.69, 9.17) is 5.73 Å². The second-order valence-corrected chi connectivity index (χ2v) is 5.68. The minimum atomic E-state index is 0.0497. The Labute approximate surface area is 122 Å². The van der Waals surface area contributed by atoms with Gasteiger partial charge in [0.05, 0.1) is 6.04 Å². The van der Waals surface area contributed by atoms with E-state index in [0.717, 1.165) is 32.2 Å². The Morgan fingerprint density at radius 1 is 1.25 bits per heavy atom. The van der Waals surface area contributed by atoms with Crippen molar-refractivity contribution in [1.82, 2.24) is 4.90 Å². The molecule has 0 spiro atoms. The van der Waals surface area contributed by atoms with Crippen molar-refractivity contribution >= 4 is 5.91 Å². The van der Waals surface area contributed by atoms with E-state index in [1.807, 2.05) is 4.90 Å². The lowest BCUT2D eigenvalue weighted by Gasteiger charge is -2.40. The van der Waals surface area contributed by atoms with Crippen molar-refractivity contribution in [3.63, 3.8) is 0 Å². The Hall–Kier alpha value is -1.35. The third-order valence-corrected chi connectivity index (χ3v) is 4.24. The summed E-state index contributed by atoms with van der Waals surface area (Å²) in [7, 11) is 0. The van der Waals surface area contributed by atoms with Crippen LogP contribution < -0.4 is 5.73 Å². The van der Waals surface area contributed by atoms with Gasteiger partial charge in [-0.15, -0.1) is 0 Å². The van der Waals surface area contributed by atoms with Crippen molar-refractivity contribution < 1.29 is 4.79 Å². The van der Waals surface area contributed by atoms with Crippen LogP contribution in [0.15, 0.2) is 24.3 Å². The van der Waals surface area contributed by atoms with Crippen LogP contribution >= 0.6 is 0 Å². The normalized spacial score (nSPS) is 23.1. The number of hydrogen-bond acceptors (Lipinski definition) is 2. The molecule has 0 radical (unpaired) electrons. The SMILES string of the molecule is CCCCN1C(=O)CCC(N)C1c1ccc(CC)cc1. The quantitative estimate of drug-likeness (QED) is 0.897. The number of nitrogens with two attached hydrogens (primary N) is 1. The van der Waals surface area contributed by atoms with Gasteiger partial charge in [-0.2, -0.15) is 0 Å². The molecule has 0 saturated carbocycles. The van der Waals surface area contributed by atoms with Gasteiger partial charge >= 0.3 is 0 Å². The van der Waals surface area contributed by atoms with E-state index >= 15 is 0 Å². The van der Waals surface area contributed by atoms with Crippen molar-refractivity contribution in [2.45, 2.75) is 58.0 Å². The maximum Gasteiger partial charge on any atom is 0.223 e. The molecular weight excluding hydrogens is 248 g/mol. The second kappa shape index (κ2) is 6.89. The molecule has 1 aliphatic rings. The van der Waals surface area contributed by atoms with Crippen LogP contribution in [0.1, 0.15) is 56.7 Å². The Balaban J connectivity index is 2.24. The summed E-state index contributed by atoms with van der Waals surface area (Å²) >= 11 is 0. The Kier molecular flexibility index (Phi) is 5.18. The molecule has 3 heteroatoms. The molecule has 3 nitrogen and oxygen atoms in total. The van der Waals surface area contributed by atoms with Crippen LogP contribution in [0.25, 0.3) is 0 Å². The van der Waals surface area contributed by atoms with E-state index in [-0.39, 0.29) is 18.0 Å². The lowest BCUT2D eigenvalue weighted by molar-refractivity contribution is -0.137. The molecule has 1 aromatic rings. The Bertz CT molecular complexity index is 441. The van der Waals surface area contributed by atoms with Crippen molar-refractivity contribution in [1.29, 1.82) is 0 Å². The van der Waals surface area contributed by atoms with Crippen LogP contribution in [0, 0.1) is 0 Å². The highest BCUT2D eigenvalue weighted by molar-refractivity contribution is 5.78. The van der Waals surface area contributed by atoms with E-state index in [2.05, 4.69) is 38.1 Å². The van der Waals surface area contributed by atoms with Gasteiger partial charge in [0.2, 0.25) is 5.91 Å². The van der Waals surface area contributed by atoms with Crippen molar-refractivity contribution in [2.24, 2.45) is 5.73 Å². The number of aryl methyl sites for hydroxylation is 1. The van der Waals surface area contributed by atoms with E-state index < -0.39 is 0 Å². The zero-order valence-electron chi connectivity index (χ0n) is 12.6. The number of hydrogen-bond donors (Lipinski definition) is 1. The zero-order valence-corrected chi connectivity index (χ0v) is 12.6. The van der Waals surface area contributed by atoms with Crippen LogP contribution in [0.3, 0.4) is 0 Å². The minimum absolute atomic E-state index is 0.0497. The summed E-state index contributed by atoms with van der Waals surface area (Å²) in [6.45, 7) is 5.13. The van der Waals surface area contributed by atoms with E-state index in [9.17, 15) is 4.79 Å². The first-order valence-corrected chi connectivity index (χ1v) is 7.81. The van der Waals surface area contributed by atoms with Crippen LogP contribution in [0.4, 0.5) is 0 Å². The van der Waals surface area contributed by atoms with Gasteiger partial charge < -0.3 is 10.6 Å². The molecule has 2 unspecified atom stereocenters. The molecule has 1 aromatic carbocycles. The number of rotatable bonds is 5. The average molecular weight is 274 g/mol. The fraction of sp³-hybridized carbons (Fsp3) is 0.588. The van der Waals surface area contributed by atoms with E-state index in [1.54, 1.807) is 0 Å². The molecule has 20 heavy (non-hydrogen) atoms. The number of piperidine rings is 1. The van der Waals surface area contributed by atoms with Gasteiger partial charge in [0, 0.05) is 19.0 Å². The largest absolute Gasteiger partial charge is 0.334 e. The molecule has 0 bridgehead atoms.